The normalized spacial score (nSPS) is 15.4. The number of pyridine rings is 1. The fourth-order valence-corrected chi connectivity index (χ4v) is 2.48. The molecule has 6 heteroatoms. The SMILES string of the molecule is C[C@@H](OC(=O)c1ccc[nH]c1=O)C(=O)NCCC1=CCCCC1. The molecule has 1 amide bonds. The number of aromatic nitrogens is 1. The van der Waals surface area contributed by atoms with Crippen molar-refractivity contribution >= 4 is 11.9 Å². The standard InChI is InChI=1S/C17H22N2O4/c1-12(23-17(22)14-8-5-10-18-16(14)21)15(20)19-11-9-13-6-3-2-4-7-13/h5-6,8,10,12H,2-4,7,9,11H2,1H3,(H,18,21)(H,19,20)/t12-/m1/s1. The Morgan fingerprint density at radius 3 is 2.91 bits per heavy atom. The van der Waals surface area contributed by atoms with E-state index in [1.54, 1.807) is 0 Å². The Morgan fingerprint density at radius 2 is 2.22 bits per heavy atom. The fourth-order valence-electron chi connectivity index (χ4n) is 2.48. The second kappa shape index (κ2) is 8.31. The molecule has 124 valence electrons. The lowest BCUT2D eigenvalue weighted by molar-refractivity contribution is -0.129. The molecule has 0 bridgehead atoms. The monoisotopic (exact) mass is 318 g/mol. The molecule has 0 fully saturated rings. The highest BCUT2D eigenvalue weighted by atomic mass is 16.5. The lowest BCUT2D eigenvalue weighted by Crippen LogP contribution is -2.37. The number of carbonyl (C=O) groups is 2. The van der Waals surface area contributed by atoms with Gasteiger partial charge in [0.05, 0.1) is 0 Å². The first-order valence-corrected chi connectivity index (χ1v) is 7.92. The molecule has 23 heavy (non-hydrogen) atoms. The molecule has 1 aromatic heterocycles. The predicted molar refractivity (Wildman–Crippen MR) is 86.1 cm³/mol. The Balaban J connectivity index is 1.78. The van der Waals surface area contributed by atoms with Gasteiger partial charge in [0.1, 0.15) is 5.56 Å². The first-order valence-electron chi connectivity index (χ1n) is 7.92. The molecule has 0 saturated heterocycles. The van der Waals surface area contributed by atoms with Gasteiger partial charge in [0.15, 0.2) is 6.10 Å². The summed E-state index contributed by atoms with van der Waals surface area (Å²) in [5.41, 5.74) is 0.728. The molecule has 2 N–H and O–H groups in total. The van der Waals surface area contributed by atoms with Gasteiger partial charge < -0.3 is 15.0 Å². The molecular formula is C17H22N2O4. The topological polar surface area (TPSA) is 88.3 Å². The summed E-state index contributed by atoms with van der Waals surface area (Å²) in [5.74, 6) is -1.16. The van der Waals surface area contributed by atoms with Crippen molar-refractivity contribution in [3.05, 3.63) is 45.9 Å². The maximum Gasteiger partial charge on any atom is 0.344 e. The maximum atomic E-state index is 11.9. The van der Waals surface area contributed by atoms with Crippen LogP contribution in [-0.2, 0) is 9.53 Å². The average Bonchev–Trinajstić information content (AvgIpc) is 2.56. The molecule has 1 heterocycles. The molecule has 6 nitrogen and oxygen atoms in total. The van der Waals surface area contributed by atoms with Crippen LogP contribution in [0, 0.1) is 0 Å². The lowest BCUT2D eigenvalue weighted by Gasteiger charge is -2.15. The van der Waals surface area contributed by atoms with E-state index in [0.717, 1.165) is 19.3 Å². The van der Waals surface area contributed by atoms with E-state index < -0.39 is 17.6 Å². The van der Waals surface area contributed by atoms with Crippen LogP contribution in [0.3, 0.4) is 0 Å². The zero-order chi connectivity index (χ0) is 16.7. The third kappa shape index (κ3) is 5.09. The van der Waals surface area contributed by atoms with Crippen LogP contribution in [0.1, 0.15) is 49.4 Å². The second-order valence-corrected chi connectivity index (χ2v) is 5.61. The zero-order valence-corrected chi connectivity index (χ0v) is 13.3. The molecule has 0 spiro atoms. The molecule has 2 rings (SSSR count). The summed E-state index contributed by atoms with van der Waals surface area (Å²) in [6.07, 6.45) is 8.20. The Bertz CT molecular complexity index is 648. The molecule has 1 aliphatic rings. The molecule has 0 aromatic carbocycles. The first-order chi connectivity index (χ1) is 11.1. The Morgan fingerprint density at radius 1 is 1.39 bits per heavy atom. The third-order valence-electron chi connectivity index (χ3n) is 3.82. The molecule has 0 radical (unpaired) electrons. The van der Waals surface area contributed by atoms with Crippen LogP contribution in [0.15, 0.2) is 34.8 Å². The van der Waals surface area contributed by atoms with Gasteiger partial charge >= 0.3 is 5.97 Å². The Kier molecular flexibility index (Phi) is 6.14. The van der Waals surface area contributed by atoms with Gasteiger partial charge in [0.25, 0.3) is 11.5 Å². The van der Waals surface area contributed by atoms with E-state index in [1.807, 2.05) is 0 Å². The first kappa shape index (κ1) is 17.0. The lowest BCUT2D eigenvalue weighted by atomic mass is 9.97. The average molecular weight is 318 g/mol. The Labute approximate surface area is 134 Å². The van der Waals surface area contributed by atoms with Gasteiger partial charge in [0.2, 0.25) is 0 Å². The minimum absolute atomic E-state index is 0.112. The second-order valence-electron chi connectivity index (χ2n) is 5.61. The number of hydrogen-bond donors (Lipinski definition) is 2. The number of aromatic amines is 1. The van der Waals surface area contributed by atoms with Crippen LogP contribution in [0.2, 0.25) is 0 Å². The van der Waals surface area contributed by atoms with Crippen molar-refractivity contribution in [1.82, 2.24) is 10.3 Å². The quantitative estimate of drug-likeness (QED) is 0.619. The van der Waals surface area contributed by atoms with Gasteiger partial charge in [-0.1, -0.05) is 11.6 Å². The summed E-state index contributed by atoms with van der Waals surface area (Å²) in [4.78, 5) is 37.7. The summed E-state index contributed by atoms with van der Waals surface area (Å²) in [6.45, 7) is 2.02. The summed E-state index contributed by atoms with van der Waals surface area (Å²) in [7, 11) is 0. The van der Waals surface area contributed by atoms with Crippen LogP contribution in [0.25, 0.3) is 0 Å². The number of ether oxygens (including phenoxy) is 1. The van der Waals surface area contributed by atoms with Crippen molar-refractivity contribution in [3.8, 4) is 0 Å². The molecule has 0 unspecified atom stereocenters. The van der Waals surface area contributed by atoms with E-state index in [4.69, 9.17) is 4.74 Å². The molecule has 1 aliphatic carbocycles. The van der Waals surface area contributed by atoms with Crippen LogP contribution in [0.5, 0.6) is 0 Å². The fraction of sp³-hybridized carbons (Fsp3) is 0.471. The molecule has 1 atom stereocenters. The van der Waals surface area contributed by atoms with Crippen molar-refractivity contribution in [1.29, 1.82) is 0 Å². The highest BCUT2D eigenvalue weighted by Gasteiger charge is 2.20. The van der Waals surface area contributed by atoms with Crippen molar-refractivity contribution in [2.75, 3.05) is 6.54 Å². The number of nitrogens with one attached hydrogen (secondary N) is 2. The van der Waals surface area contributed by atoms with Gasteiger partial charge in [-0.25, -0.2) is 4.79 Å². The van der Waals surface area contributed by atoms with Gasteiger partial charge in [-0.2, -0.15) is 0 Å². The van der Waals surface area contributed by atoms with Gasteiger partial charge in [-0.05, 0) is 51.2 Å². The van der Waals surface area contributed by atoms with Crippen LogP contribution in [-0.4, -0.2) is 29.5 Å². The summed E-state index contributed by atoms with van der Waals surface area (Å²) < 4.78 is 5.04. The number of hydrogen-bond acceptors (Lipinski definition) is 4. The predicted octanol–water partition coefficient (Wildman–Crippen LogP) is 1.93. The highest BCUT2D eigenvalue weighted by molar-refractivity contribution is 5.91. The molecule has 0 saturated carbocycles. The van der Waals surface area contributed by atoms with Crippen molar-refractivity contribution in [2.24, 2.45) is 0 Å². The smallest absolute Gasteiger partial charge is 0.344 e. The molecular weight excluding hydrogens is 296 g/mol. The number of rotatable bonds is 6. The van der Waals surface area contributed by atoms with Gasteiger partial charge in [0, 0.05) is 12.7 Å². The van der Waals surface area contributed by atoms with Crippen LogP contribution < -0.4 is 10.9 Å². The Hall–Kier alpha value is -2.37. The highest BCUT2D eigenvalue weighted by Crippen LogP contribution is 2.19. The van der Waals surface area contributed by atoms with Gasteiger partial charge in [-0.15, -0.1) is 0 Å². The molecule has 1 aromatic rings. The van der Waals surface area contributed by atoms with E-state index in [1.165, 1.54) is 43.7 Å². The zero-order valence-electron chi connectivity index (χ0n) is 13.3. The van der Waals surface area contributed by atoms with Crippen LogP contribution in [0.4, 0.5) is 0 Å². The number of esters is 1. The number of carbonyl (C=O) groups excluding carboxylic acids is 2. The summed E-state index contributed by atoms with van der Waals surface area (Å²) in [6, 6.07) is 2.89. The summed E-state index contributed by atoms with van der Waals surface area (Å²) >= 11 is 0. The largest absolute Gasteiger partial charge is 0.449 e. The van der Waals surface area contributed by atoms with Crippen molar-refractivity contribution in [2.45, 2.75) is 45.1 Å². The van der Waals surface area contributed by atoms with E-state index in [-0.39, 0.29) is 11.5 Å². The van der Waals surface area contributed by atoms with Crippen molar-refractivity contribution < 1.29 is 14.3 Å². The summed E-state index contributed by atoms with van der Waals surface area (Å²) in [5, 5.41) is 2.76. The third-order valence-corrected chi connectivity index (χ3v) is 3.82. The van der Waals surface area contributed by atoms with E-state index >= 15 is 0 Å². The van der Waals surface area contributed by atoms with E-state index in [0.29, 0.717) is 6.54 Å². The maximum absolute atomic E-state index is 11.9. The van der Waals surface area contributed by atoms with Crippen LogP contribution >= 0.6 is 0 Å². The van der Waals surface area contributed by atoms with Gasteiger partial charge in [-0.3, -0.25) is 9.59 Å². The van der Waals surface area contributed by atoms with Crippen molar-refractivity contribution in [3.63, 3.8) is 0 Å². The van der Waals surface area contributed by atoms with E-state index in [2.05, 4.69) is 16.4 Å². The number of H-pyrrole nitrogens is 1. The molecule has 0 aliphatic heterocycles. The minimum atomic E-state index is -0.942. The minimum Gasteiger partial charge on any atom is -0.449 e. The number of amides is 1. The van der Waals surface area contributed by atoms with E-state index in [9.17, 15) is 14.4 Å². The number of allylic oxidation sites excluding steroid dienone is 1.